The summed E-state index contributed by atoms with van der Waals surface area (Å²) in [5, 5.41) is 45.5. The van der Waals surface area contributed by atoms with Crippen LogP contribution in [-0.2, 0) is 33.3 Å². The van der Waals surface area contributed by atoms with E-state index in [4.69, 9.17) is 18.9 Å². The van der Waals surface area contributed by atoms with Crippen LogP contribution in [0.4, 0.5) is 0 Å². The van der Waals surface area contributed by atoms with Gasteiger partial charge >= 0.3 is 17.9 Å². The SMILES string of the molecule is CC(=O)O[C@H]1C[C@@H](O)/C(C)=C\[C@@H]2OC(=O)[C@]3(C)O[C@]23[C@@H](O)[C@H]2[C@](C)(O)[C@@H](O)C[C@H](OC(C)=O)[C@]12C. The first kappa shape index (κ1) is 26.0. The van der Waals surface area contributed by atoms with Crippen molar-refractivity contribution in [1.82, 2.24) is 0 Å². The normalized spacial score (nSPS) is 52.6. The first-order valence-corrected chi connectivity index (χ1v) is 11.7. The third kappa shape index (κ3) is 3.46. The Morgan fingerprint density at radius 2 is 1.57 bits per heavy atom. The molecule has 0 amide bonds. The van der Waals surface area contributed by atoms with Crippen molar-refractivity contribution in [3.8, 4) is 0 Å². The van der Waals surface area contributed by atoms with E-state index in [2.05, 4.69) is 0 Å². The largest absolute Gasteiger partial charge is 0.462 e. The van der Waals surface area contributed by atoms with Crippen molar-refractivity contribution < 1.29 is 53.8 Å². The molecule has 0 radical (unpaired) electrons. The second-order valence-corrected chi connectivity index (χ2v) is 10.9. The van der Waals surface area contributed by atoms with Crippen molar-refractivity contribution in [1.29, 1.82) is 0 Å². The molecule has 11 nitrogen and oxygen atoms in total. The van der Waals surface area contributed by atoms with Crippen LogP contribution < -0.4 is 0 Å². The Balaban J connectivity index is 1.99. The number of esters is 3. The minimum atomic E-state index is -2.01. The van der Waals surface area contributed by atoms with Crippen molar-refractivity contribution in [2.24, 2.45) is 11.3 Å². The van der Waals surface area contributed by atoms with E-state index in [1.165, 1.54) is 33.8 Å². The Morgan fingerprint density at radius 3 is 2.09 bits per heavy atom. The Bertz CT molecular complexity index is 975. The Hall–Kier alpha value is -2.05. The lowest BCUT2D eigenvalue weighted by molar-refractivity contribution is -0.272. The summed E-state index contributed by atoms with van der Waals surface area (Å²) >= 11 is 0. The molecule has 2 aliphatic carbocycles. The zero-order valence-electron chi connectivity index (χ0n) is 20.7. The third-order valence-corrected chi connectivity index (χ3v) is 8.67. The van der Waals surface area contributed by atoms with Gasteiger partial charge in [-0.3, -0.25) is 9.59 Å². The maximum Gasteiger partial charge on any atom is 0.342 e. The van der Waals surface area contributed by atoms with Gasteiger partial charge in [-0.1, -0.05) is 6.92 Å². The van der Waals surface area contributed by atoms with E-state index in [0.717, 1.165) is 0 Å². The highest BCUT2D eigenvalue weighted by Gasteiger charge is 2.87. The van der Waals surface area contributed by atoms with Gasteiger partial charge in [-0.25, -0.2) is 4.79 Å². The predicted molar refractivity (Wildman–Crippen MR) is 116 cm³/mol. The van der Waals surface area contributed by atoms with Gasteiger partial charge in [-0.15, -0.1) is 0 Å². The average Bonchev–Trinajstić information content (AvgIpc) is 3.32. The van der Waals surface area contributed by atoms with Gasteiger partial charge < -0.3 is 39.4 Å². The summed E-state index contributed by atoms with van der Waals surface area (Å²) < 4.78 is 22.6. The molecular weight excluding hydrogens is 464 g/mol. The first-order chi connectivity index (χ1) is 16.0. The number of carbonyl (C=O) groups excluding carboxylic acids is 3. The van der Waals surface area contributed by atoms with E-state index in [-0.39, 0.29) is 12.8 Å². The molecule has 4 rings (SSSR count). The molecule has 0 aromatic rings. The molecule has 2 aliphatic heterocycles. The van der Waals surface area contributed by atoms with Crippen molar-refractivity contribution in [3.63, 3.8) is 0 Å². The van der Waals surface area contributed by atoms with Gasteiger partial charge in [0.05, 0.1) is 29.3 Å². The molecule has 1 spiro atoms. The number of hydrogen-bond donors (Lipinski definition) is 4. The summed E-state index contributed by atoms with van der Waals surface area (Å²) in [6.45, 7) is 8.31. The molecule has 11 atom stereocenters. The summed E-state index contributed by atoms with van der Waals surface area (Å²) in [6, 6.07) is 0. The number of carbonyl (C=O) groups is 3. The average molecular weight is 499 g/mol. The second kappa shape index (κ2) is 7.97. The van der Waals surface area contributed by atoms with Crippen LogP contribution in [0.25, 0.3) is 0 Å². The monoisotopic (exact) mass is 498 g/mol. The van der Waals surface area contributed by atoms with Gasteiger partial charge in [0.15, 0.2) is 17.3 Å². The van der Waals surface area contributed by atoms with Crippen LogP contribution in [-0.4, -0.2) is 91.8 Å². The highest BCUT2D eigenvalue weighted by atomic mass is 16.7. The molecule has 1 saturated carbocycles. The fourth-order valence-electron chi connectivity index (χ4n) is 6.62. The van der Waals surface area contributed by atoms with Crippen LogP contribution in [0.1, 0.15) is 54.4 Å². The van der Waals surface area contributed by atoms with Crippen molar-refractivity contribution >= 4 is 17.9 Å². The molecule has 3 fully saturated rings. The molecule has 0 aromatic heterocycles. The maximum atomic E-state index is 12.7. The lowest BCUT2D eigenvalue weighted by Crippen LogP contribution is -2.72. The fourth-order valence-corrected chi connectivity index (χ4v) is 6.62. The summed E-state index contributed by atoms with van der Waals surface area (Å²) in [4.78, 5) is 36.9. The summed E-state index contributed by atoms with van der Waals surface area (Å²) in [7, 11) is 0. The quantitative estimate of drug-likeness (QED) is 0.168. The molecule has 196 valence electrons. The van der Waals surface area contributed by atoms with E-state index < -0.39 is 82.7 Å². The lowest BCUT2D eigenvalue weighted by atomic mass is 9.51. The van der Waals surface area contributed by atoms with Gasteiger partial charge in [-0.2, -0.15) is 0 Å². The smallest absolute Gasteiger partial charge is 0.342 e. The molecular formula is C24H34O11. The van der Waals surface area contributed by atoms with Crippen LogP contribution in [0.15, 0.2) is 11.6 Å². The molecule has 4 aliphatic rings. The minimum absolute atomic E-state index is 0.169. The van der Waals surface area contributed by atoms with E-state index in [9.17, 15) is 34.8 Å². The van der Waals surface area contributed by atoms with E-state index >= 15 is 0 Å². The minimum Gasteiger partial charge on any atom is -0.462 e. The topological polar surface area (TPSA) is 172 Å². The number of rotatable bonds is 2. The number of aliphatic hydroxyl groups excluding tert-OH is 3. The third-order valence-electron chi connectivity index (χ3n) is 8.67. The highest BCUT2D eigenvalue weighted by molar-refractivity contribution is 5.89. The predicted octanol–water partition coefficient (Wildman–Crippen LogP) is -0.487. The van der Waals surface area contributed by atoms with E-state index in [0.29, 0.717) is 5.57 Å². The standard InChI is InChI=1S/C24H34O11/c1-10-7-17-24(23(6,35-24)20(30)34-17)19(29)18-21(4,15(8-13(10)27)32-11(2)25)16(33-12(3)26)9-14(28)22(18,5)31/h7,13-19,27-29,31H,8-9H2,1-6H3/b10-7-/t13-,14+,15+,16+,17+,18-,19+,21+,22-,23+,24+/m1/s1. The van der Waals surface area contributed by atoms with Crippen LogP contribution in [0.2, 0.25) is 0 Å². The molecule has 11 heteroatoms. The summed E-state index contributed by atoms with van der Waals surface area (Å²) in [6.07, 6.45) is -6.59. The van der Waals surface area contributed by atoms with Crippen LogP contribution in [0.5, 0.6) is 0 Å². The zero-order chi connectivity index (χ0) is 26.3. The van der Waals surface area contributed by atoms with Crippen molar-refractivity contribution in [3.05, 3.63) is 11.6 Å². The van der Waals surface area contributed by atoms with Gasteiger partial charge in [0, 0.05) is 32.6 Å². The highest BCUT2D eigenvalue weighted by Crippen LogP contribution is 2.65. The molecule has 2 saturated heterocycles. The number of epoxide rings is 1. The molecule has 0 bridgehead atoms. The maximum absolute atomic E-state index is 12.7. The zero-order valence-corrected chi connectivity index (χ0v) is 20.7. The van der Waals surface area contributed by atoms with Gasteiger partial charge in [0.2, 0.25) is 0 Å². The molecule has 4 N–H and O–H groups in total. The molecule has 35 heavy (non-hydrogen) atoms. The summed E-state index contributed by atoms with van der Waals surface area (Å²) in [5.74, 6) is -3.45. The molecule has 0 unspecified atom stereocenters. The number of hydrogen-bond acceptors (Lipinski definition) is 11. The van der Waals surface area contributed by atoms with Crippen LogP contribution in [0, 0.1) is 11.3 Å². The Kier molecular flexibility index (Phi) is 5.93. The number of fused-ring (bicyclic) bond motifs is 1. The summed E-state index contributed by atoms with van der Waals surface area (Å²) in [5.41, 5.74) is -6.36. The Morgan fingerprint density at radius 1 is 1.03 bits per heavy atom. The van der Waals surface area contributed by atoms with Crippen molar-refractivity contribution in [2.45, 2.75) is 108 Å². The molecule has 0 aromatic carbocycles. The van der Waals surface area contributed by atoms with E-state index in [1.807, 2.05) is 0 Å². The number of aliphatic hydroxyl groups is 4. The van der Waals surface area contributed by atoms with Crippen LogP contribution >= 0.6 is 0 Å². The second-order valence-electron chi connectivity index (χ2n) is 10.9. The molecule has 2 heterocycles. The number of ether oxygens (including phenoxy) is 4. The van der Waals surface area contributed by atoms with Gasteiger partial charge in [0.1, 0.15) is 12.2 Å². The lowest BCUT2D eigenvalue weighted by Gasteiger charge is -2.59. The Labute approximate surface area is 203 Å². The first-order valence-electron chi connectivity index (χ1n) is 11.7. The van der Waals surface area contributed by atoms with Crippen LogP contribution in [0.3, 0.4) is 0 Å². The van der Waals surface area contributed by atoms with Gasteiger partial charge in [-0.05, 0) is 32.4 Å². The van der Waals surface area contributed by atoms with Crippen molar-refractivity contribution in [2.75, 3.05) is 0 Å². The van der Waals surface area contributed by atoms with Gasteiger partial charge in [0.25, 0.3) is 0 Å². The van der Waals surface area contributed by atoms with E-state index in [1.54, 1.807) is 13.8 Å². The fraction of sp³-hybridized carbons (Fsp3) is 0.792.